The van der Waals surface area contributed by atoms with Gasteiger partial charge in [0.25, 0.3) is 0 Å². The normalized spacial score (nSPS) is 15.1. The number of nitro groups is 1. The van der Waals surface area contributed by atoms with Crippen LogP contribution in [-0.2, 0) is 4.79 Å². The van der Waals surface area contributed by atoms with E-state index in [1.807, 2.05) is 0 Å². The van der Waals surface area contributed by atoms with Crippen molar-refractivity contribution < 1.29 is 9.72 Å². The Labute approximate surface area is 61.7 Å². The van der Waals surface area contributed by atoms with Crippen LogP contribution in [0.4, 0.5) is 0 Å². The van der Waals surface area contributed by atoms with Crippen molar-refractivity contribution in [3.05, 3.63) is 19.6 Å². The van der Waals surface area contributed by atoms with Crippen LogP contribution in [-0.4, -0.2) is 37.2 Å². The number of allylic oxidation sites excluding steroid dienone is 1. The molecular formula is C4H2BiNO3. The summed E-state index contributed by atoms with van der Waals surface area (Å²) in [4.78, 5) is 19.4. The first-order valence-corrected chi connectivity index (χ1v) is 5.88. The maximum absolute atomic E-state index is 9.96. The van der Waals surface area contributed by atoms with Crippen molar-refractivity contribution in [2.75, 3.05) is 0 Å². The van der Waals surface area contributed by atoms with E-state index in [9.17, 15) is 14.9 Å². The number of hydrogen-bond acceptors (Lipinski definition) is 3. The standard InChI is InChI=1S/C4H2NO3.Bi/c1-4(2-3-6)5(7)8;/h1,3H;. The molecule has 0 aromatic rings. The molecule has 0 aliphatic carbocycles. The first-order chi connectivity index (χ1) is 4.25. The first kappa shape index (κ1) is 6.68. The van der Waals surface area contributed by atoms with Gasteiger partial charge in [-0.25, -0.2) is 0 Å². The van der Waals surface area contributed by atoms with E-state index in [4.69, 9.17) is 0 Å². The van der Waals surface area contributed by atoms with Gasteiger partial charge in [0.1, 0.15) is 0 Å². The Morgan fingerprint density at radius 1 is 1.78 bits per heavy atom. The van der Waals surface area contributed by atoms with E-state index >= 15 is 0 Å². The van der Waals surface area contributed by atoms with Crippen molar-refractivity contribution in [2.24, 2.45) is 0 Å². The van der Waals surface area contributed by atoms with E-state index in [2.05, 4.69) is 0 Å². The Balaban J connectivity index is 2.69. The van der Waals surface area contributed by atoms with E-state index in [1.165, 1.54) is 0 Å². The summed E-state index contributed by atoms with van der Waals surface area (Å²) in [7, 11) is 0. The molecule has 0 aromatic carbocycles. The summed E-state index contributed by atoms with van der Waals surface area (Å²) in [5.74, 6) is 0. The van der Waals surface area contributed by atoms with E-state index in [-0.39, 0.29) is 5.70 Å². The number of carbonyl (C=O) groups excluding carboxylic acids is 1. The van der Waals surface area contributed by atoms with Crippen molar-refractivity contribution in [3.8, 4) is 0 Å². The molecule has 0 amide bonds. The third-order valence-corrected chi connectivity index (χ3v) is 4.73. The van der Waals surface area contributed by atoms with Gasteiger partial charge in [0.05, 0.1) is 0 Å². The van der Waals surface area contributed by atoms with E-state index in [0.717, 1.165) is 0 Å². The third kappa shape index (κ3) is 1.10. The first-order valence-electron chi connectivity index (χ1n) is 2.13. The van der Waals surface area contributed by atoms with Gasteiger partial charge in [0, 0.05) is 0 Å². The SMILES string of the molecule is O=C[C]1=[Bi][CH]=C1[N+](=O)[O-]. The molecule has 0 unspecified atom stereocenters. The summed E-state index contributed by atoms with van der Waals surface area (Å²) in [6, 6.07) is 0. The average Bonchev–Trinajstić information content (AvgIpc) is 1.61. The second-order valence-electron chi connectivity index (χ2n) is 1.40. The molecular weight excluding hydrogens is 319 g/mol. The van der Waals surface area contributed by atoms with Gasteiger partial charge in [0.15, 0.2) is 0 Å². The van der Waals surface area contributed by atoms with Crippen molar-refractivity contribution in [1.82, 2.24) is 0 Å². The zero-order chi connectivity index (χ0) is 6.85. The summed E-state index contributed by atoms with van der Waals surface area (Å²) in [6.07, 6.45) is 0.606. The van der Waals surface area contributed by atoms with Crippen LogP contribution in [0.3, 0.4) is 0 Å². The Morgan fingerprint density at radius 2 is 2.44 bits per heavy atom. The van der Waals surface area contributed by atoms with Crippen LogP contribution in [0.1, 0.15) is 0 Å². The number of carbonyl (C=O) groups is 1. The van der Waals surface area contributed by atoms with Gasteiger partial charge >= 0.3 is 61.6 Å². The monoisotopic (exact) mass is 321 g/mol. The summed E-state index contributed by atoms with van der Waals surface area (Å²) < 4.78 is 2.07. The number of nitrogens with zero attached hydrogens (tertiary/aromatic N) is 1. The zero-order valence-electron chi connectivity index (χ0n) is 4.27. The summed E-state index contributed by atoms with van der Waals surface area (Å²) in [5, 5.41) is 9.94. The van der Waals surface area contributed by atoms with Crippen LogP contribution >= 0.6 is 0 Å². The van der Waals surface area contributed by atoms with Crippen LogP contribution in [0.25, 0.3) is 0 Å². The average molecular weight is 321 g/mol. The Morgan fingerprint density at radius 3 is 2.56 bits per heavy atom. The molecule has 46 valence electrons. The fourth-order valence-electron chi connectivity index (χ4n) is 0.428. The molecule has 9 heavy (non-hydrogen) atoms. The maximum atomic E-state index is 9.96. The van der Waals surface area contributed by atoms with Crippen molar-refractivity contribution in [2.45, 2.75) is 0 Å². The predicted octanol–water partition coefficient (Wildman–Crippen LogP) is -0.806. The topological polar surface area (TPSA) is 60.2 Å². The van der Waals surface area contributed by atoms with E-state index < -0.39 is 27.7 Å². The Bertz CT molecular complexity index is 230. The van der Waals surface area contributed by atoms with Gasteiger partial charge in [0.2, 0.25) is 0 Å². The predicted molar refractivity (Wildman–Crippen MR) is 31.9 cm³/mol. The van der Waals surface area contributed by atoms with Crippen molar-refractivity contribution in [3.63, 3.8) is 0 Å². The molecule has 1 rings (SSSR count). The number of hydrogen-bond donors (Lipinski definition) is 0. The Hall–Kier alpha value is -0.437. The molecule has 0 spiro atoms. The minimum absolute atomic E-state index is 0.0432. The number of rotatable bonds is 2. The second kappa shape index (κ2) is 2.44. The fourth-order valence-corrected chi connectivity index (χ4v) is 2.88. The molecule has 0 saturated carbocycles. The molecule has 0 bridgehead atoms. The molecule has 5 heteroatoms. The summed E-state index contributed by atoms with van der Waals surface area (Å²) in [6.45, 7) is 0. The Kier molecular flexibility index (Phi) is 1.81. The molecule has 0 fully saturated rings. The van der Waals surface area contributed by atoms with Crippen LogP contribution < -0.4 is 0 Å². The summed E-state index contributed by atoms with van der Waals surface area (Å²) >= 11 is -0.948. The molecule has 0 saturated heterocycles. The van der Waals surface area contributed by atoms with E-state index in [0.29, 0.717) is 9.49 Å². The minimum atomic E-state index is -0.948. The van der Waals surface area contributed by atoms with Crippen LogP contribution in [0, 0.1) is 10.1 Å². The molecule has 1 heterocycles. The third-order valence-electron chi connectivity index (χ3n) is 0.897. The van der Waals surface area contributed by atoms with Crippen molar-refractivity contribution in [1.29, 1.82) is 0 Å². The molecule has 1 aliphatic rings. The second-order valence-corrected chi connectivity index (χ2v) is 5.28. The van der Waals surface area contributed by atoms with Gasteiger partial charge in [-0.3, -0.25) is 0 Å². The molecule has 0 atom stereocenters. The molecule has 4 nitrogen and oxygen atoms in total. The fraction of sp³-hybridized carbons (Fsp3) is 0. The van der Waals surface area contributed by atoms with Gasteiger partial charge < -0.3 is 0 Å². The van der Waals surface area contributed by atoms with Gasteiger partial charge in [-0.15, -0.1) is 0 Å². The molecule has 0 aromatic heterocycles. The van der Waals surface area contributed by atoms with Gasteiger partial charge in [-0.05, 0) is 0 Å². The zero-order valence-corrected chi connectivity index (χ0v) is 7.75. The van der Waals surface area contributed by atoms with Gasteiger partial charge in [-0.1, -0.05) is 0 Å². The van der Waals surface area contributed by atoms with Crippen LogP contribution in [0.2, 0.25) is 0 Å². The number of aldehydes is 1. The quantitative estimate of drug-likeness (QED) is 0.289. The van der Waals surface area contributed by atoms with Gasteiger partial charge in [-0.2, -0.15) is 0 Å². The molecule has 1 aliphatic heterocycles. The molecule has 0 N–H and O–H groups in total. The van der Waals surface area contributed by atoms with Crippen LogP contribution in [0.5, 0.6) is 0 Å². The van der Waals surface area contributed by atoms with E-state index in [1.54, 1.807) is 3.78 Å². The molecule has 0 radical (unpaired) electrons. The van der Waals surface area contributed by atoms with Crippen molar-refractivity contribution >= 4 is 32.2 Å². The summed E-state index contributed by atoms with van der Waals surface area (Å²) in [5.41, 5.74) is 0.0432. The van der Waals surface area contributed by atoms with Crippen LogP contribution in [0.15, 0.2) is 9.48 Å².